The van der Waals surface area contributed by atoms with Gasteiger partial charge in [-0.1, -0.05) is 59.1 Å². The van der Waals surface area contributed by atoms with E-state index in [1.807, 2.05) is 79.9 Å². The first-order valence-electron chi connectivity index (χ1n) is 13.3. The van der Waals surface area contributed by atoms with Gasteiger partial charge in [0.15, 0.2) is 11.7 Å². The number of aromatic nitrogens is 1. The molecule has 0 unspecified atom stereocenters. The van der Waals surface area contributed by atoms with Gasteiger partial charge in [-0.3, -0.25) is 9.59 Å². The van der Waals surface area contributed by atoms with Crippen LogP contribution in [0.3, 0.4) is 0 Å². The van der Waals surface area contributed by atoms with Crippen LogP contribution in [-0.2, 0) is 4.79 Å². The maximum absolute atomic E-state index is 12.6. The van der Waals surface area contributed by atoms with Crippen LogP contribution < -0.4 is 20.8 Å². The highest BCUT2D eigenvalue weighted by atomic mass is 35.5. The van der Waals surface area contributed by atoms with Crippen LogP contribution in [0.5, 0.6) is 5.75 Å². The third-order valence-corrected chi connectivity index (χ3v) is 7.33. The molecule has 0 spiro atoms. The first-order chi connectivity index (χ1) is 20.8. The summed E-state index contributed by atoms with van der Waals surface area (Å²) >= 11 is 7.84. The fourth-order valence-electron chi connectivity index (χ4n) is 3.94. The van der Waals surface area contributed by atoms with E-state index in [1.54, 1.807) is 30.3 Å². The van der Waals surface area contributed by atoms with Crippen LogP contribution in [0.1, 0.15) is 27.0 Å². The van der Waals surface area contributed by atoms with Crippen molar-refractivity contribution in [2.45, 2.75) is 13.8 Å². The zero-order chi connectivity index (χ0) is 30.2. The maximum atomic E-state index is 12.6. The molecule has 1 aromatic heterocycles. The highest BCUT2D eigenvalue weighted by molar-refractivity contribution is 7.14. The number of halogens is 1. The second-order valence-corrected chi connectivity index (χ2v) is 11.0. The largest absolute Gasteiger partial charge is 0.482 e. The zero-order valence-corrected chi connectivity index (χ0v) is 25.0. The molecular weight excluding hydrogens is 582 g/mol. The number of thiazole rings is 1. The van der Waals surface area contributed by atoms with Crippen molar-refractivity contribution in [2.75, 3.05) is 17.2 Å². The predicted octanol–water partition coefficient (Wildman–Crippen LogP) is 7.61. The van der Waals surface area contributed by atoms with E-state index in [4.69, 9.17) is 16.3 Å². The van der Waals surface area contributed by atoms with Crippen LogP contribution in [0, 0.1) is 13.8 Å². The Labute approximate surface area is 258 Å². The van der Waals surface area contributed by atoms with Crippen molar-refractivity contribution in [3.8, 4) is 17.0 Å². The van der Waals surface area contributed by atoms with E-state index in [-0.39, 0.29) is 18.4 Å². The van der Waals surface area contributed by atoms with Crippen molar-refractivity contribution in [1.29, 1.82) is 0 Å². The predicted molar refractivity (Wildman–Crippen MR) is 174 cm³/mol. The molecule has 0 saturated heterocycles. The first kappa shape index (κ1) is 29.5. The summed E-state index contributed by atoms with van der Waals surface area (Å²) in [5, 5.41) is 13.2. The lowest BCUT2D eigenvalue weighted by molar-refractivity contribution is -0.118. The Kier molecular flexibility index (Phi) is 9.46. The molecule has 10 heteroatoms. The number of aryl methyl sites for hydroxylation is 2. The number of nitrogens with one attached hydrogen (secondary N) is 3. The number of hydrogen-bond acceptors (Lipinski definition) is 7. The molecule has 0 saturated carbocycles. The number of hydrazone groups is 1. The molecule has 0 atom stereocenters. The van der Waals surface area contributed by atoms with Gasteiger partial charge in [0.25, 0.3) is 11.8 Å². The van der Waals surface area contributed by atoms with Gasteiger partial charge in [-0.25, -0.2) is 10.4 Å². The van der Waals surface area contributed by atoms with Gasteiger partial charge >= 0.3 is 0 Å². The van der Waals surface area contributed by atoms with Crippen LogP contribution in [0.15, 0.2) is 101 Å². The van der Waals surface area contributed by atoms with E-state index >= 15 is 0 Å². The minimum atomic E-state index is -0.353. The number of anilines is 3. The Hall–Kier alpha value is -4.99. The second-order valence-electron chi connectivity index (χ2n) is 9.70. The molecule has 4 aromatic carbocycles. The van der Waals surface area contributed by atoms with Crippen molar-refractivity contribution < 1.29 is 14.3 Å². The van der Waals surface area contributed by atoms with Gasteiger partial charge in [0.05, 0.1) is 16.9 Å². The fourth-order valence-corrected chi connectivity index (χ4v) is 4.92. The van der Waals surface area contributed by atoms with Gasteiger partial charge in [-0.15, -0.1) is 11.3 Å². The molecule has 0 radical (unpaired) electrons. The molecule has 5 aromatic rings. The van der Waals surface area contributed by atoms with Crippen molar-refractivity contribution >= 4 is 57.5 Å². The zero-order valence-electron chi connectivity index (χ0n) is 23.4. The van der Waals surface area contributed by atoms with E-state index in [0.717, 1.165) is 27.6 Å². The van der Waals surface area contributed by atoms with Gasteiger partial charge < -0.3 is 15.4 Å². The Morgan fingerprint density at radius 1 is 0.907 bits per heavy atom. The monoisotopic (exact) mass is 609 g/mol. The highest BCUT2D eigenvalue weighted by Crippen LogP contribution is 2.28. The highest BCUT2D eigenvalue weighted by Gasteiger charge is 2.10. The Morgan fingerprint density at radius 3 is 2.26 bits per heavy atom. The number of ether oxygens (including phenoxy) is 1. The lowest BCUT2D eigenvalue weighted by Crippen LogP contribution is -2.20. The van der Waals surface area contributed by atoms with Gasteiger partial charge in [0, 0.05) is 27.9 Å². The number of carbonyl (C=O) groups is 2. The lowest BCUT2D eigenvalue weighted by atomic mass is 10.1. The van der Waals surface area contributed by atoms with E-state index in [9.17, 15) is 9.59 Å². The van der Waals surface area contributed by atoms with Crippen LogP contribution in [0.2, 0.25) is 5.02 Å². The molecule has 43 heavy (non-hydrogen) atoms. The van der Waals surface area contributed by atoms with Crippen LogP contribution in [0.25, 0.3) is 11.3 Å². The number of amides is 2. The molecule has 0 aliphatic heterocycles. The number of rotatable bonds is 10. The topological polar surface area (TPSA) is 105 Å². The number of carbonyl (C=O) groups excluding carboxylic acids is 2. The van der Waals surface area contributed by atoms with Crippen molar-refractivity contribution in [1.82, 2.24) is 10.4 Å². The molecule has 0 fully saturated rings. The van der Waals surface area contributed by atoms with Gasteiger partial charge in [0.1, 0.15) is 5.75 Å². The van der Waals surface area contributed by atoms with Crippen LogP contribution in [-0.4, -0.2) is 29.6 Å². The normalized spacial score (nSPS) is 10.9. The van der Waals surface area contributed by atoms with E-state index in [1.165, 1.54) is 23.1 Å². The van der Waals surface area contributed by atoms with E-state index < -0.39 is 0 Å². The van der Waals surface area contributed by atoms with Gasteiger partial charge in [-0.05, 0) is 74.0 Å². The number of hydrogen-bond donors (Lipinski definition) is 3. The average Bonchev–Trinajstić information content (AvgIpc) is 3.47. The summed E-state index contributed by atoms with van der Waals surface area (Å²) in [4.78, 5) is 29.4. The summed E-state index contributed by atoms with van der Waals surface area (Å²) < 4.78 is 5.56. The maximum Gasteiger partial charge on any atom is 0.271 e. The molecule has 0 bridgehead atoms. The first-order valence-corrected chi connectivity index (χ1v) is 14.6. The van der Waals surface area contributed by atoms with Crippen molar-refractivity contribution in [3.05, 3.63) is 124 Å². The summed E-state index contributed by atoms with van der Waals surface area (Å²) in [6.07, 6.45) is 1.48. The third kappa shape index (κ3) is 8.28. The van der Waals surface area contributed by atoms with Crippen molar-refractivity contribution in [3.63, 3.8) is 0 Å². The SMILES string of the molecule is Cc1ccc(NC(=O)COc2ccc(/C=N/NC(=O)c3ccc(-c4csc(Nc5ccc(C)cc5)n4)cc3)cc2Cl)cc1. The number of benzene rings is 4. The molecule has 8 nitrogen and oxygen atoms in total. The quantitative estimate of drug-likeness (QED) is 0.112. The average molecular weight is 610 g/mol. The van der Waals surface area contributed by atoms with Crippen molar-refractivity contribution in [2.24, 2.45) is 5.10 Å². The fraction of sp³-hybridized carbons (Fsp3) is 0.0909. The minimum absolute atomic E-state index is 0.191. The molecule has 3 N–H and O–H groups in total. The van der Waals surface area contributed by atoms with Gasteiger partial charge in [0.2, 0.25) is 0 Å². The molecule has 216 valence electrons. The minimum Gasteiger partial charge on any atom is -0.482 e. The molecule has 0 aliphatic rings. The summed E-state index contributed by atoms with van der Waals surface area (Å²) in [5.74, 6) is -0.290. The summed E-state index contributed by atoms with van der Waals surface area (Å²) in [6.45, 7) is 3.83. The third-order valence-electron chi connectivity index (χ3n) is 6.28. The molecule has 5 rings (SSSR count). The van der Waals surface area contributed by atoms with Crippen LogP contribution >= 0.6 is 22.9 Å². The molecule has 0 aliphatic carbocycles. The Balaban J connectivity index is 1.10. The summed E-state index contributed by atoms with van der Waals surface area (Å²) in [7, 11) is 0. The number of nitrogens with zero attached hydrogens (tertiary/aromatic N) is 2. The van der Waals surface area contributed by atoms with E-state index in [2.05, 4.69) is 26.1 Å². The van der Waals surface area contributed by atoms with Gasteiger partial charge in [-0.2, -0.15) is 5.10 Å². The molecule has 2 amide bonds. The molecule has 1 heterocycles. The Morgan fingerprint density at radius 2 is 1.58 bits per heavy atom. The second kappa shape index (κ2) is 13.8. The summed E-state index contributed by atoms with van der Waals surface area (Å²) in [5.41, 5.74) is 9.32. The van der Waals surface area contributed by atoms with E-state index in [0.29, 0.717) is 27.6 Å². The Bertz CT molecular complexity index is 1750. The lowest BCUT2D eigenvalue weighted by Gasteiger charge is -2.09. The standard InChI is InChI=1S/C33H28ClN5O3S/c1-21-3-12-26(13-4-21)36-31(40)19-42-30-16-7-23(17-28(30)34)18-35-39-32(41)25-10-8-24(9-11-25)29-20-43-33(38-29)37-27-14-5-22(2)6-15-27/h3-18,20H,19H2,1-2H3,(H,36,40)(H,37,38)(H,39,41)/b35-18+. The molecular formula is C33H28ClN5O3S. The van der Waals surface area contributed by atoms with Crippen LogP contribution in [0.4, 0.5) is 16.5 Å². The summed E-state index contributed by atoms with van der Waals surface area (Å²) in [6, 6.07) is 27.7. The smallest absolute Gasteiger partial charge is 0.271 e.